The Kier molecular flexibility index (Phi) is 3.55. The molecule has 7 heteroatoms. The Hall–Kier alpha value is -1.92. The number of ether oxygens (including phenoxy) is 1. The van der Waals surface area contributed by atoms with Crippen LogP contribution in [-0.2, 0) is 13.0 Å². The van der Waals surface area contributed by atoms with Gasteiger partial charge in [-0.05, 0) is 18.1 Å². The van der Waals surface area contributed by atoms with Crippen molar-refractivity contribution in [2.24, 2.45) is 0 Å². The van der Waals surface area contributed by atoms with Crippen molar-refractivity contribution in [3.8, 4) is 5.75 Å². The van der Waals surface area contributed by atoms with Crippen molar-refractivity contribution in [2.45, 2.75) is 19.1 Å². The second-order valence-electron chi connectivity index (χ2n) is 4.25. The van der Waals surface area contributed by atoms with Gasteiger partial charge >= 0.3 is 12.3 Å². The summed E-state index contributed by atoms with van der Waals surface area (Å²) in [6, 6.07) is 4.74. The lowest BCUT2D eigenvalue weighted by atomic mass is 9.99. The highest BCUT2D eigenvalue weighted by Crippen LogP contribution is 2.29. The summed E-state index contributed by atoms with van der Waals surface area (Å²) >= 11 is 0. The predicted octanol–water partition coefficient (Wildman–Crippen LogP) is 2.66. The fourth-order valence-corrected chi connectivity index (χ4v) is 2.03. The molecule has 1 aromatic carbocycles. The number of halogens is 3. The first-order valence-electron chi connectivity index (χ1n) is 5.65. The van der Waals surface area contributed by atoms with Crippen molar-refractivity contribution in [1.82, 2.24) is 4.90 Å². The molecule has 0 aromatic heterocycles. The predicted molar refractivity (Wildman–Crippen MR) is 60.1 cm³/mol. The second-order valence-corrected chi connectivity index (χ2v) is 4.25. The average molecular weight is 275 g/mol. The lowest BCUT2D eigenvalue weighted by Gasteiger charge is -2.27. The van der Waals surface area contributed by atoms with Crippen LogP contribution in [0.25, 0.3) is 0 Å². The first kappa shape index (κ1) is 13.5. The SMILES string of the molecule is O=C(O)N1CCc2c(cccc2OCC(F)(F)F)C1. The van der Waals surface area contributed by atoms with Crippen LogP contribution in [0.4, 0.5) is 18.0 Å². The third-order valence-electron chi connectivity index (χ3n) is 2.88. The van der Waals surface area contributed by atoms with E-state index in [0.717, 1.165) is 0 Å². The van der Waals surface area contributed by atoms with Gasteiger partial charge < -0.3 is 14.7 Å². The maximum absolute atomic E-state index is 12.1. The molecule has 0 fully saturated rings. The van der Waals surface area contributed by atoms with Crippen LogP contribution < -0.4 is 4.74 Å². The third kappa shape index (κ3) is 3.30. The Morgan fingerprint density at radius 1 is 1.42 bits per heavy atom. The zero-order chi connectivity index (χ0) is 14.0. The summed E-state index contributed by atoms with van der Waals surface area (Å²) in [4.78, 5) is 12.1. The molecule has 19 heavy (non-hydrogen) atoms. The van der Waals surface area contributed by atoms with E-state index < -0.39 is 18.9 Å². The summed E-state index contributed by atoms with van der Waals surface area (Å²) in [6.45, 7) is -0.908. The molecule has 1 aliphatic rings. The van der Waals surface area contributed by atoms with E-state index in [2.05, 4.69) is 0 Å². The number of benzene rings is 1. The number of rotatable bonds is 2. The fraction of sp³-hybridized carbons (Fsp3) is 0.417. The van der Waals surface area contributed by atoms with Crippen LogP contribution in [0, 0.1) is 0 Å². The van der Waals surface area contributed by atoms with Gasteiger partial charge in [0.25, 0.3) is 0 Å². The molecule has 0 aliphatic carbocycles. The van der Waals surface area contributed by atoms with Crippen LogP contribution in [0.3, 0.4) is 0 Å². The standard InChI is InChI=1S/C12H12F3NO3/c13-12(14,15)7-19-10-3-1-2-8-6-16(11(17)18)5-4-9(8)10/h1-3H,4-7H2,(H,17,18). The lowest BCUT2D eigenvalue weighted by Crippen LogP contribution is -2.35. The highest BCUT2D eigenvalue weighted by atomic mass is 19.4. The molecule has 4 nitrogen and oxygen atoms in total. The third-order valence-corrected chi connectivity index (χ3v) is 2.88. The number of hydrogen-bond donors (Lipinski definition) is 1. The zero-order valence-corrected chi connectivity index (χ0v) is 9.91. The molecule has 0 unspecified atom stereocenters. The highest BCUT2D eigenvalue weighted by molar-refractivity contribution is 5.65. The maximum Gasteiger partial charge on any atom is 0.422 e. The van der Waals surface area contributed by atoms with Crippen LogP contribution in [0.15, 0.2) is 18.2 Å². The molecule has 104 valence electrons. The molecule has 1 aromatic rings. The minimum Gasteiger partial charge on any atom is -0.484 e. The first-order valence-corrected chi connectivity index (χ1v) is 5.65. The molecule has 0 atom stereocenters. The van der Waals surface area contributed by atoms with E-state index in [1.165, 1.54) is 11.0 Å². The van der Waals surface area contributed by atoms with Gasteiger partial charge in [-0.1, -0.05) is 12.1 Å². The first-order chi connectivity index (χ1) is 8.87. The van der Waals surface area contributed by atoms with Gasteiger partial charge in [0, 0.05) is 18.7 Å². The number of alkyl halides is 3. The van der Waals surface area contributed by atoms with Crippen molar-refractivity contribution in [1.29, 1.82) is 0 Å². The molecule has 0 radical (unpaired) electrons. The second kappa shape index (κ2) is 4.99. The van der Waals surface area contributed by atoms with Crippen LogP contribution in [0.2, 0.25) is 0 Å². The Labute approximate surface area is 107 Å². The Bertz CT molecular complexity index is 488. The van der Waals surface area contributed by atoms with Gasteiger partial charge in [-0.3, -0.25) is 0 Å². The van der Waals surface area contributed by atoms with Gasteiger partial charge in [0.1, 0.15) is 5.75 Å². The summed E-state index contributed by atoms with van der Waals surface area (Å²) in [5.74, 6) is 0.180. The number of hydrogen-bond acceptors (Lipinski definition) is 2. The van der Waals surface area contributed by atoms with E-state index in [0.29, 0.717) is 17.5 Å². The van der Waals surface area contributed by atoms with Crippen LogP contribution in [0.1, 0.15) is 11.1 Å². The number of fused-ring (bicyclic) bond motifs is 1. The average Bonchev–Trinajstić information content (AvgIpc) is 2.34. The van der Waals surface area contributed by atoms with Gasteiger partial charge in [0.2, 0.25) is 0 Å². The molecule has 0 saturated carbocycles. The summed E-state index contributed by atoms with van der Waals surface area (Å²) < 4.78 is 41.2. The van der Waals surface area contributed by atoms with E-state index in [-0.39, 0.29) is 18.8 Å². The van der Waals surface area contributed by atoms with Crippen LogP contribution in [-0.4, -0.2) is 35.4 Å². The molecule has 1 heterocycles. The van der Waals surface area contributed by atoms with E-state index >= 15 is 0 Å². The van der Waals surface area contributed by atoms with Crippen molar-refractivity contribution >= 4 is 6.09 Å². The molecule has 1 N–H and O–H groups in total. The topological polar surface area (TPSA) is 49.8 Å². The molecule has 1 amide bonds. The van der Waals surface area contributed by atoms with E-state index in [9.17, 15) is 18.0 Å². The summed E-state index contributed by atoms with van der Waals surface area (Å²) in [5, 5.41) is 8.89. The summed E-state index contributed by atoms with van der Waals surface area (Å²) in [6.07, 6.45) is -5.06. The Morgan fingerprint density at radius 3 is 2.79 bits per heavy atom. The van der Waals surface area contributed by atoms with Gasteiger partial charge in [-0.2, -0.15) is 13.2 Å². The molecule has 0 saturated heterocycles. The lowest BCUT2D eigenvalue weighted by molar-refractivity contribution is -0.153. The van der Waals surface area contributed by atoms with Gasteiger partial charge in [0.05, 0.1) is 0 Å². The largest absolute Gasteiger partial charge is 0.484 e. The molecular weight excluding hydrogens is 263 g/mol. The Morgan fingerprint density at radius 2 is 2.16 bits per heavy atom. The van der Waals surface area contributed by atoms with E-state index in [1.807, 2.05) is 0 Å². The van der Waals surface area contributed by atoms with Gasteiger partial charge in [-0.25, -0.2) is 4.79 Å². The minimum atomic E-state index is -4.38. The monoisotopic (exact) mass is 275 g/mol. The number of carboxylic acid groups (broad SMARTS) is 1. The van der Waals surface area contributed by atoms with Crippen molar-refractivity contribution < 1.29 is 27.8 Å². The smallest absolute Gasteiger partial charge is 0.422 e. The van der Waals surface area contributed by atoms with Gasteiger partial charge in [-0.15, -0.1) is 0 Å². The fourth-order valence-electron chi connectivity index (χ4n) is 2.03. The quantitative estimate of drug-likeness (QED) is 0.902. The highest BCUT2D eigenvalue weighted by Gasteiger charge is 2.29. The Balaban J connectivity index is 2.16. The number of nitrogens with zero attached hydrogens (tertiary/aromatic N) is 1. The normalized spacial score (nSPS) is 15.0. The van der Waals surface area contributed by atoms with Crippen LogP contribution in [0.5, 0.6) is 5.75 Å². The molecule has 2 rings (SSSR count). The van der Waals surface area contributed by atoms with Crippen molar-refractivity contribution in [2.75, 3.05) is 13.2 Å². The minimum absolute atomic E-state index is 0.174. The number of carbonyl (C=O) groups is 1. The molecule has 0 spiro atoms. The van der Waals surface area contributed by atoms with E-state index in [1.54, 1.807) is 12.1 Å². The zero-order valence-electron chi connectivity index (χ0n) is 9.91. The maximum atomic E-state index is 12.1. The van der Waals surface area contributed by atoms with Gasteiger partial charge in [0.15, 0.2) is 6.61 Å². The molecule has 0 bridgehead atoms. The summed E-state index contributed by atoms with van der Waals surface area (Å²) in [5.41, 5.74) is 1.34. The van der Waals surface area contributed by atoms with E-state index in [4.69, 9.17) is 9.84 Å². The van der Waals surface area contributed by atoms with Crippen LogP contribution >= 0.6 is 0 Å². The molecular formula is C12H12F3NO3. The summed E-state index contributed by atoms with van der Waals surface area (Å²) in [7, 11) is 0. The van der Waals surface area contributed by atoms with Crippen molar-refractivity contribution in [3.05, 3.63) is 29.3 Å². The molecule has 1 aliphatic heterocycles. The number of amides is 1. The van der Waals surface area contributed by atoms with Crippen molar-refractivity contribution in [3.63, 3.8) is 0 Å².